The Labute approximate surface area is 181 Å². The molecule has 0 unspecified atom stereocenters. The van der Waals surface area contributed by atoms with Crippen molar-refractivity contribution in [2.75, 3.05) is 17.7 Å². The summed E-state index contributed by atoms with van der Waals surface area (Å²) in [6.07, 6.45) is 1.60. The van der Waals surface area contributed by atoms with E-state index in [0.717, 1.165) is 10.2 Å². The van der Waals surface area contributed by atoms with Crippen molar-refractivity contribution in [1.29, 1.82) is 0 Å². The highest BCUT2D eigenvalue weighted by molar-refractivity contribution is 7.22. The second-order valence-corrected chi connectivity index (χ2v) is 7.51. The van der Waals surface area contributed by atoms with Crippen LogP contribution in [0.3, 0.4) is 0 Å². The standard InChI is InChI=1S/C20H19N7O3S/c1-30-15-8-6-13(7-9-15)22-19(29)21-10-14-11-27(26-25-14)12-18(28)24-20-23-16-4-2-3-5-17(16)31-20/h2-9,11H,10,12H2,1H3,(H2,21,22,29)(H,23,24,28). The topological polar surface area (TPSA) is 123 Å². The van der Waals surface area contributed by atoms with Crippen LogP contribution in [0.2, 0.25) is 0 Å². The molecular formula is C20H19N7O3S. The summed E-state index contributed by atoms with van der Waals surface area (Å²) in [6.45, 7) is 0.155. The maximum absolute atomic E-state index is 12.3. The molecule has 0 aliphatic carbocycles. The van der Waals surface area contributed by atoms with Crippen LogP contribution in [0, 0.1) is 0 Å². The largest absolute Gasteiger partial charge is 0.497 e. The summed E-state index contributed by atoms with van der Waals surface area (Å²) < 4.78 is 7.48. The first-order valence-corrected chi connectivity index (χ1v) is 10.1. The van der Waals surface area contributed by atoms with E-state index in [1.807, 2.05) is 24.3 Å². The van der Waals surface area contributed by atoms with E-state index in [1.54, 1.807) is 37.6 Å². The fourth-order valence-electron chi connectivity index (χ4n) is 2.75. The lowest BCUT2D eigenvalue weighted by atomic mass is 10.3. The van der Waals surface area contributed by atoms with Gasteiger partial charge in [-0.2, -0.15) is 0 Å². The molecule has 0 aliphatic rings. The first kappa shape index (κ1) is 20.3. The van der Waals surface area contributed by atoms with Crippen molar-refractivity contribution in [2.24, 2.45) is 0 Å². The van der Waals surface area contributed by atoms with Gasteiger partial charge in [0, 0.05) is 5.69 Å². The molecule has 2 aromatic carbocycles. The summed E-state index contributed by atoms with van der Waals surface area (Å²) in [5, 5.41) is 16.6. The number of fused-ring (bicyclic) bond motifs is 1. The number of nitrogens with one attached hydrogen (secondary N) is 3. The number of urea groups is 1. The Balaban J connectivity index is 1.25. The Kier molecular flexibility index (Phi) is 6.03. The quantitative estimate of drug-likeness (QED) is 0.409. The van der Waals surface area contributed by atoms with Crippen LogP contribution in [0.25, 0.3) is 10.2 Å². The fourth-order valence-corrected chi connectivity index (χ4v) is 3.63. The molecule has 0 saturated heterocycles. The Morgan fingerprint density at radius 3 is 2.68 bits per heavy atom. The van der Waals surface area contributed by atoms with Gasteiger partial charge in [0.25, 0.3) is 0 Å². The van der Waals surface area contributed by atoms with E-state index in [4.69, 9.17) is 4.74 Å². The number of amides is 3. The Morgan fingerprint density at radius 2 is 1.90 bits per heavy atom. The van der Waals surface area contributed by atoms with Crippen LogP contribution >= 0.6 is 11.3 Å². The maximum Gasteiger partial charge on any atom is 0.319 e. The molecule has 0 saturated carbocycles. The minimum Gasteiger partial charge on any atom is -0.497 e. The van der Waals surface area contributed by atoms with Gasteiger partial charge in [-0.25, -0.2) is 14.5 Å². The van der Waals surface area contributed by atoms with E-state index in [-0.39, 0.29) is 25.0 Å². The molecule has 0 atom stereocenters. The molecule has 0 fully saturated rings. The summed E-state index contributed by atoms with van der Waals surface area (Å²) in [7, 11) is 1.58. The smallest absolute Gasteiger partial charge is 0.319 e. The third-order valence-electron chi connectivity index (χ3n) is 4.21. The van der Waals surface area contributed by atoms with Crippen molar-refractivity contribution in [3.05, 3.63) is 60.4 Å². The molecule has 10 nitrogen and oxygen atoms in total. The summed E-state index contributed by atoms with van der Waals surface area (Å²) >= 11 is 1.41. The van der Waals surface area contributed by atoms with Crippen LogP contribution < -0.4 is 20.7 Å². The monoisotopic (exact) mass is 437 g/mol. The van der Waals surface area contributed by atoms with Crippen molar-refractivity contribution in [2.45, 2.75) is 13.1 Å². The van der Waals surface area contributed by atoms with Crippen LogP contribution in [-0.2, 0) is 17.9 Å². The van der Waals surface area contributed by atoms with Gasteiger partial charge in [0.15, 0.2) is 5.13 Å². The number of para-hydroxylation sites is 1. The average Bonchev–Trinajstić information content (AvgIpc) is 3.38. The van der Waals surface area contributed by atoms with Gasteiger partial charge in [-0.05, 0) is 36.4 Å². The Bertz CT molecular complexity index is 1170. The molecule has 11 heteroatoms. The highest BCUT2D eigenvalue weighted by Crippen LogP contribution is 2.25. The number of hydrogen-bond donors (Lipinski definition) is 3. The average molecular weight is 437 g/mol. The molecule has 158 valence electrons. The SMILES string of the molecule is COc1ccc(NC(=O)NCc2cn(CC(=O)Nc3nc4ccccc4s3)nn2)cc1. The zero-order chi connectivity index (χ0) is 21.6. The molecule has 3 N–H and O–H groups in total. The van der Waals surface area contributed by atoms with Crippen molar-refractivity contribution in [1.82, 2.24) is 25.3 Å². The molecule has 0 aliphatic heterocycles. The Hall–Kier alpha value is -3.99. The first-order chi connectivity index (χ1) is 15.1. The lowest BCUT2D eigenvalue weighted by Crippen LogP contribution is -2.28. The minimum absolute atomic E-state index is 0.0129. The van der Waals surface area contributed by atoms with Crippen molar-refractivity contribution in [3.8, 4) is 5.75 Å². The third-order valence-corrected chi connectivity index (χ3v) is 5.16. The van der Waals surface area contributed by atoms with E-state index in [2.05, 4.69) is 31.2 Å². The van der Waals surface area contributed by atoms with Crippen LogP contribution in [-0.4, -0.2) is 39.0 Å². The van der Waals surface area contributed by atoms with Gasteiger partial charge in [-0.3, -0.25) is 4.79 Å². The molecule has 4 rings (SSSR count). The number of ether oxygens (including phenoxy) is 1. The summed E-state index contributed by atoms with van der Waals surface area (Å²) in [6, 6.07) is 14.3. The van der Waals surface area contributed by atoms with Crippen LogP contribution in [0.4, 0.5) is 15.6 Å². The molecule has 31 heavy (non-hydrogen) atoms. The molecule has 2 heterocycles. The van der Waals surface area contributed by atoms with Crippen LogP contribution in [0.15, 0.2) is 54.7 Å². The van der Waals surface area contributed by atoms with Gasteiger partial charge >= 0.3 is 6.03 Å². The number of carbonyl (C=O) groups is 2. The number of anilines is 2. The van der Waals surface area contributed by atoms with Crippen molar-refractivity contribution in [3.63, 3.8) is 0 Å². The number of benzene rings is 2. The van der Waals surface area contributed by atoms with Crippen LogP contribution in [0.1, 0.15) is 5.69 Å². The fraction of sp³-hybridized carbons (Fsp3) is 0.150. The zero-order valence-corrected chi connectivity index (χ0v) is 17.3. The number of nitrogens with zero attached hydrogens (tertiary/aromatic N) is 4. The van der Waals surface area contributed by atoms with Gasteiger partial charge in [-0.1, -0.05) is 28.7 Å². The zero-order valence-electron chi connectivity index (χ0n) is 16.5. The lowest BCUT2D eigenvalue weighted by molar-refractivity contribution is -0.116. The van der Waals surface area contributed by atoms with E-state index >= 15 is 0 Å². The number of thiazole rings is 1. The summed E-state index contributed by atoms with van der Waals surface area (Å²) in [4.78, 5) is 28.7. The second-order valence-electron chi connectivity index (χ2n) is 6.48. The number of hydrogen-bond acceptors (Lipinski definition) is 7. The van der Waals surface area contributed by atoms with E-state index in [0.29, 0.717) is 22.3 Å². The molecule has 2 aromatic heterocycles. The van der Waals surface area contributed by atoms with Gasteiger partial charge in [0.05, 0.1) is 30.1 Å². The number of methoxy groups -OCH3 is 1. The Morgan fingerprint density at radius 1 is 1.10 bits per heavy atom. The maximum atomic E-state index is 12.3. The van der Waals surface area contributed by atoms with E-state index in [9.17, 15) is 9.59 Å². The van der Waals surface area contributed by atoms with E-state index < -0.39 is 0 Å². The number of rotatable bonds is 7. The molecule has 0 radical (unpaired) electrons. The van der Waals surface area contributed by atoms with Crippen LogP contribution in [0.5, 0.6) is 5.75 Å². The summed E-state index contributed by atoms with van der Waals surface area (Å²) in [5.41, 5.74) is 2.00. The number of aromatic nitrogens is 4. The normalized spacial score (nSPS) is 10.6. The summed E-state index contributed by atoms with van der Waals surface area (Å²) in [5.74, 6) is 0.440. The van der Waals surface area contributed by atoms with Crippen molar-refractivity contribution < 1.29 is 14.3 Å². The minimum atomic E-state index is -0.381. The molecule has 4 aromatic rings. The van der Waals surface area contributed by atoms with Gasteiger partial charge in [-0.15, -0.1) is 5.10 Å². The molecular weight excluding hydrogens is 418 g/mol. The molecule has 0 spiro atoms. The number of carbonyl (C=O) groups excluding carboxylic acids is 2. The molecule has 0 bridgehead atoms. The third kappa shape index (κ3) is 5.34. The predicted molar refractivity (Wildman–Crippen MR) is 117 cm³/mol. The van der Waals surface area contributed by atoms with Gasteiger partial charge in [0.2, 0.25) is 5.91 Å². The highest BCUT2D eigenvalue weighted by atomic mass is 32.1. The first-order valence-electron chi connectivity index (χ1n) is 9.32. The molecule has 3 amide bonds. The predicted octanol–water partition coefficient (Wildman–Crippen LogP) is 2.86. The van der Waals surface area contributed by atoms with Crippen molar-refractivity contribution >= 4 is 44.3 Å². The van der Waals surface area contributed by atoms with Gasteiger partial charge < -0.3 is 20.7 Å². The van der Waals surface area contributed by atoms with Gasteiger partial charge in [0.1, 0.15) is 18.0 Å². The van der Waals surface area contributed by atoms with E-state index in [1.165, 1.54) is 16.0 Å². The lowest BCUT2D eigenvalue weighted by Gasteiger charge is -2.07. The highest BCUT2D eigenvalue weighted by Gasteiger charge is 2.10. The second kappa shape index (κ2) is 9.22.